The van der Waals surface area contributed by atoms with Crippen LogP contribution in [0, 0.1) is 6.92 Å². The molecule has 6 rings (SSSR count). The maximum absolute atomic E-state index is 14.0. The zero-order chi connectivity index (χ0) is 27.6. The zero-order valence-corrected chi connectivity index (χ0v) is 24.0. The number of anilines is 2. The average molecular weight is 540 g/mol. The smallest absolute Gasteiger partial charge is 0.193 e. The van der Waals surface area contributed by atoms with Crippen molar-refractivity contribution in [2.24, 2.45) is 0 Å². The summed E-state index contributed by atoms with van der Waals surface area (Å²) in [7, 11) is 0. The summed E-state index contributed by atoms with van der Waals surface area (Å²) in [5, 5.41) is 7.95. The van der Waals surface area contributed by atoms with Crippen LogP contribution in [-0.4, -0.2) is 56.9 Å². The summed E-state index contributed by atoms with van der Waals surface area (Å²) in [4.78, 5) is 25.8. The molecule has 8 nitrogen and oxygen atoms in total. The normalized spacial score (nSPS) is 18.0. The van der Waals surface area contributed by atoms with Crippen LogP contribution in [0.15, 0.2) is 59.9 Å². The van der Waals surface area contributed by atoms with E-state index >= 15 is 0 Å². The highest BCUT2D eigenvalue weighted by Crippen LogP contribution is 2.28. The lowest BCUT2D eigenvalue weighted by Crippen LogP contribution is -2.48. The van der Waals surface area contributed by atoms with Gasteiger partial charge in [0.15, 0.2) is 5.43 Å². The summed E-state index contributed by atoms with van der Waals surface area (Å²) in [6.45, 7) is 12.0. The van der Waals surface area contributed by atoms with Gasteiger partial charge < -0.3 is 14.4 Å². The van der Waals surface area contributed by atoms with Crippen LogP contribution in [0.4, 0.5) is 11.4 Å². The molecule has 2 saturated heterocycles. The number of aromatic nitrogens is 4. The van der Waals surface area contributed by atoms with E-state index in [1.165, 1.54) is 24.1 Å². The number of nitrogens with zero attached hydrogens (tertiary/aromatic N) is 6. The summed E-state index contributed by atoms with van der Waals surface area (Å²) < 4.78 is 2.30. The van der Waals surface area contributed by atoms with Crippen molar-refractivity contribution in [1.82, 2.24) is 24.6 Å². The third-order valence-corrected chi connectivity index (χ3v) is 8.60. The van der Waals surface area contributed by atoms with Gasteiger partial charge in [0.1, 0.15) is 0 Å². The second-order valence-corrected chi connectivity index (χ2v) is 11.8. The van der Waals surface area contributed by atoms with Crippen LogP contribution in [0.25, 0.3) is 10.9 Å². The fraction of sp³-hybridized carbons (Fsp3) is 0.469. The van der Waals surface area contributed by atoms with Crippen molar-refractivity contribution in [2.75, 3.05) is 36.0 Å². The molecular weight excluding hydrogens is 498 g/mol. The Bertz CT molecular complexity index is 1500. The molecule has 0 saturated carbocycles. The standard InChI is InChI=1S/C32H41N7O/c1-23(2)39-21-26(32(40)30-9-8-27(16-31(30)39)36-12-4-5-13-36)20-38(19-25-10-11-33-24(3)15-25)28-7-6-14-37(22-28)29-17-34-35-18-29/h8-11,15-18,21,23,28H,4-7,12-14,19-20,22H2,1-3H3,(H,34,35). The van der Waals surface area contributed by atoms with Crippen molar-refractivity contribution in [3.05, 3.63) is 82.2 Å². The van der Waals surface area contributed by atoms with E-state index in [1.54, 1.807) is 0 Å². The lowest BCUT2D eigenvalue weighted by atomic mass is 10.0. The monoisotopic (exact) mass is 539 g/mol. The van der Waals surface area contributed by atoms with E-state index in [4.69, 9.17) is 0 Å². The number of aryl methyl sites for hydroxylation is 1. The van der Waals surface area contributed by atoms with Crippen molar-refractivity contribution in [2.45, 2.75) is 71.6 Å². The molecule has 0 amide bonds. The molecule has 4 aromatic rings. The van der Waals surface area contributed by atoms with Crippen LogP contribution < -0.4 is 15.2 Å². The first-order chi connectivity index (χ1) is 19.5. The Kier molecular flexibility index (Phi) is 7.61. The van der Waals surface area contributed by atoms with Crippen LogP contribution in [0.2, 0.25) is 0 Å². The SMILES string of the molecule is Cc1cc(CN(Cc2cn(C(C)C)c3cc(N4CCCC4)ccc3c2=O)C2CCCN(c3cn[nH]c3)C2)ccn1. The highest BCUT2D eigenvalue weighted by Gasteiger charge is 2.27. The van der Waals surface area contributed by atoms with Gasteiger partial charge in [0.2, 0.25) is 0 Å². The minimum Gasteiger partial charge on any atom is -0.371 e. The first-order valence-electron chi connectivity index (χ1n) is 14.8. The minimum atomic E-state index is 0.151. The molecule has 210 valence electrons. The molecule has 1 aromatic carbocycles. The van der Waals surface area contributed by atoms with Crippen LogP contribution >= 0.6 is 0 Å². The van der Waals surface area contributed by atoms with Crippen LogP contribution in [0.3, 0.4) is 0 Å². The largest absolute Gasteiger partial charge is 0.371 e. The number of nitrogens with one attached hydrogen (secondary N) is 1. The first kappa shape index (κ1) is 26.6. The number of fused-ring (bicyclic) bond motifs is 1. The Morgan fingerprint density at radius 3 is 2.60 bits per heavy atom. The Morgan fingerprint density at radius 1 is 1.02 bits per heavy atom. The molecule has 0 bridgehead atoms. The van der Waals surface area contributed by atoms with Crippen LogP contribution in [0.5, 0.6) is 0 Å². The van der Waals surface area contributed by atoms with E-state index in [2.05, 4.69) is 84.8 Å². The molecule has 5 heterocycles. The number of benzene rings is 1. The van der Waals surface area contributed by atoms with E-state index in [-0.39, 0.29) is 11.5 Å². The molecule has 8 heteroatoms. The van der Waals surface area contributed by atoms with Gasteiger partial charge >= 0.3 is 0 Å². The van der Waals surface area contributed by atoms with Crippen molar-refractivity contribution >= 4 is 22.3 Å². The van der Waals surface area contributed by atoms with Gasteiger partial charge in [-0.1, -0.05) is 0 Å². The number of pyridine rings is 2. The van der Waals surface area contributed by atoms with Crippen molar-refractivity contribution in [3.8, 4) is 0 Å². The Labute approximate surface area is 236 Å². The zero-order valence-electron chi connectivity index (χ0n) is 24.0. The van der Waals surface area contributed by atoms with E-state index in [0.717, 1.165) is 73.4 Å². The molecule has 1 N–H and O–H groups in total. The predicted octanol–water partition coefficient (Wildman–Crippen LogP) is 5.28. The van der Waals surface area contributed by atoms with Crippen molar-refractivity contribution in [1.29, 1.82) is 0 Å². The number of piperidine rings is 1. The summed E-state index contributed by atoms with van der Waals surface area (Å²) in [6, 6.07) is 11.3. The van der Waals surface area contributed by atoms with Gasteiger partial charge in [-0.25, -0.2) is 0 Å². The number of H-pyrrole nitrogens is 1. The van der Waals surface area contributed by atoms with Gasteiger partial charge in [-0.3, -0.25) is 19.8 Å². The van der Waals surface area contributed by atoms with E-state index < -0.39 is 0 Å². The molecule has 2 aliphatic heterocycles. The molecule has 0 radical (unpaired) electrons. The van der Waals surface area contributed by atoms with Gasteiger partial charge in [0.25, 0.3) is 0 Å². The van der Waals surface area contributed by atoms with E-state index in [1.807, 2.05) is 25.5 Å². The number of rotatable bonds is 8. The number of hydrogen-bond donors (Lipinski definition) is 1. The first-order valence-corrected chi connectivity index (χ1v) is 14.8. The van der Waals surface area contributed by atoms with Gasteiger partial charge in [-0.05, 0) is 82.3 Å². The van der Waals surface area contributed by atoms with E-state index in [0.29, 0.717) is 12.6 Å². The predicted molar refractivity (Wildman–Crippen MR) is 162 cm³/mol. The third-order valence-electron chi connectivity index (χ3n) is 8.60. The Morgan fingerprint density at radius 2 is 1.85 bits per heavy atom. The molecule has 0 spiro atoms. The molecular formula is C32H41N7O. The number of aromatic amines is 1. The lowest BCUT2D eigenvalue weighted by Gasteiger charge is -2.40. The average Bonchev–Trinajstić information content (AvgIpc) is 3.69. The molecule has 1 unspecified atom stereocenters. The summed E-state index contributed by atoms with van der Waals surface area (Å²) >= 11 is 0. The van der Waals surface area contributed by atoms with Crippen molar-refractivity contribution < 1.29 is 0 Å². The van der Waals surface area contributed by atoms with Crippen molar-refractivity contribution in [3.63, 3.8) is 0 Å². The van der Waals surface area contributed by atoms with Gasteiger partial charge in [-0.15, -0.1) is 0 Å². The van der Waals surface area contributed by atoms with Crippen LogP contribution in [0.1, 0.15) is 62.4 Å². The summed E-state index contributed by atoms with van der Waals surface area (Å²) in [5.74, 6) is 0. The Hall–Kier alpha value is -3.65. The molecule has 2 aliphatic rings. The molecule has 3 aromatic heterocycles. The fourth-order valence-corrected chi connectivity index (χ4v) is 6.48. The van der Waals surface area contributed by atoms with Crippen LogP contribution in [-0.2, 0) is 13.1 Å². The fourth-order valence-electron chi connectivity index (χ4n) is 6.48. The summed E-state index contributed by atoms with van der Waals surface area (Å²) in [6.07, 6.45) is 12.6. The topological polar surface area (TPSA) is 73.3 Å². The minimum absolute atomic E-state index is 0.151. The number of hydrogen-bond acceptors (Lipinski definition) is 6. The lowest BCUT2D eigenvalue weighted by molar-refractivity contribution is 0.158. The second kappa shape index (κ2) is 11.5. The quantitative estimate of drug-likeness (QED) is 0.328. The van der Waals surface area contributed by atoms with Gasteiger partial charge in [0.05, 0.1) is 17.4 Å². The van der Waals surface area contributed by atoms with Gasteiger partial charge in [-0.2, -0.15) is 5.10 Å². The second-order valence-electron chi connectivity index (χ2n) is 11.8. The maximum Gasteiger partial charge on any atom is 0.193 e. The Balaban J connectivity index is 1.36. The molecule has 2 fully saturated rings. The van der Waals surface area contributed by atoms with Gasteiger partial charge in [0, 0.05) is 92.3 Å². The highest BCUT2D eigenvalue weighted by atomic mass is 16.1. The third kappa shape index (κ3) is 5.50. The molecule has 1 atom stereocenters. The maximum atomic E-state index is 14.0. The molecule has 0 aliphatic carbocycles. The molecule has 40 heavy (non-hydrogen) atoms. The highest BCUT2D eigenvalue weighted by molar-refractivity contribution is 5.83. The van der Waals surface area contributed by atoms with E-state index in [9.17, 15) is 4.79 Å². The summed E-state index contributed by atoms with van der Waals surface area (Å²) in [5.41, 5.74) is 6.65.